The summed E-state index contributed by atoms with van der Waals surface area (Å²) in [7, 11) is 2.93. The number of phenols is 1. The van der Waals surface area contributed by atoms with E-state index < -0.39 is 35.6 Å². The maximum Gasteiger partial charge on any atom is 0.344 e. The Morgan fingerprint density at radius 1 is 1.00 bits per heavy atom. The third-order valence-corrected chi connectivity index (χ3v) is 7.29. The van der Waals surface area contributed by atoms with Crippen molar-refractivity contribution in [3.63, 3.8) is 0 Å². The van der Waals surface area contributed by atoms with E-state index >= 15 is 0 Å². The van der Waals surface area contributed by atoms with Gasteiger partial charge in [-0.2, -0.15) is 0 Å². The molecule has 1 saturated heterocycles. The fourth-order valence-corrected chi connectivity index (χ4v) is 5.28. The van der Waals surface area contributed by atoms with Crippen LogP contribution in [0.1, 0.15) is 31.1 Å². The molecule has 0 bridgehead atoms. The number of methoxy groups -OCH3 is 2. The van der Waals surface area contributed by atoms with Crippen molar-refractivity contribution in [1.82, 2.24) is 0 Å². The average molecular weight is 509 g/mol. The van der Waals surface area contributed by atoms with Gasteiger partial charge in [-0.1, -0.05) is 18.7 Å². The minimum atomic E-state index is -1.90. The van der Waals surface area contributed by atoms with Crippen LogP contribution in [0.2, 0.25) is 0 Å². The number of phenolic OH excluding ortho intramolecular Hbond substituents is 1. The molecule has 4 aromatic rings. The quantitative estimate of drug-likeness (QED) is 0.241. The lowest BCUT2D eigenvalue weighted by molar-refractivity contribution is -0.261. The lowest BCUT2D eigenvalue weighted by Gasteiger charge is -2.46. The number of hydrogen-bond donors (Lipinski definition) is 4. The minimum absolute atomic E-state index is 0.109. The highest BCUT2D eigenvalue weighted by molar-refractivity contribution is 6.19. The second-order valence-corrected chi connectivity index (χ2v) is 9.50. The highest BCUT2D eigenvalue weighted by Crippen LogP contribution is 2.48. The highest BCUT2D eigenvalue weighted by Gasteiger charge is 2.51. The Hall–Kier alpha value is -3.63. The van der Waals surface area contributed by atoms with Crippen LogP contribution < -0.4 is 15.1 Å². The molecule has 0 amide bonds. The Bertz CT molecular complexity index is 1620. The molecule has 1 aliphatic heterocycles. The summed E-state index contributed by atoms with van der Waals surface area (Å²) >= 11 is 0. The predicted octanol–water partition coefficient (Wildman–Crippen LogP) is 3.40. The van der Waals surface area contributed by atoms with E-state index in [1.807, 2.05) is 0 Å². The average Bonchev–Trinajstić information content (AvgIpc) is 2.89. The van der Waals surface area contributed by atoms with Crippen LogP contribution in [0.5, 0.6) is 17.2 Å². The zero-order chi connectivity index (χ0) is 26.8. The molecule has 5 atom stereocenters. The van der Waals surface area contributed by atoms with Gasteiger partial charge in [-0.25, -0.2) is 4.79 Å². The normalized spacial score (nSPS) is 26.0. The fourth-order valence-electron chi connectivity index (χ4n) is 5.28. The van der Waals surface area contributed by atoms with Crippen LogP contribution in [0.25, 0.3) is 38.6 Å². The van der Waals surface area contributed by atoms with Crippen molar-refractivity contribution < 1.29 is 39.1 Å². The molecular formula is C28H28O9. The van der Waals surface area contributed by atoms with E-state index in [1.54, 1.807) is 31.2 Å². The number of benzene rings is 3. The van der Waals surface area contributed by atoms with Crippen molar-refractivity contribution in [2.45, 2.75) is 43.9 Å². The first-order valence-corrected chi connectivity index (χ1v) is 11.7. The third-order valence-electron chi connectivity index (χ3n) is 7.29. The number of fused-ring (bicyclic) bond motifs is 5. The molecule has 5 rings (SSSR count). The zero-order valence-corrected chi connectivity index (χ0v) is 20.8. The van der Waals surface area contributed by atoms with E-state index in [0.717, 1.165) is 0 Å². The van der Waals surface area contributed by atoms with Gasteiger partial charge in [0.25, 0.3) is 0 Å². The van der Waals surface area contributed by atoms with Gasteiger partial charge in [0.2, 0.25) is 0 Å². The monoisotopic (exact) mass is 508 g/mol. The summed E-state index contributed by atoms with van der Waals surface area (Å²) < 4.78 is 23.1. The molecule has 194 valence electrons. The predicted molar refractivity (Wildman–Crippen MR) is 138 cm³/mol. The molecule has 1 aromatic heterocycles. The van der Waals surface area contributed by atoms with Crippen molar-refractivity contribution in [1.29, 1.82) is 0 Å². The Balaban J connectivity index is 1.97. The smallest absolute Gasteiger partial charge is 0.344 e. The van der Waals surface area contributed by atoms with Gasteiger partial charge in [-0.3, -0.25) is 0 Å². The van der Waals surface area contributed by atoms with Crippen molar-refractivity contribution in [2.24, 2.45) is 0 Å². The molecule has 2 heterocycles. The highest BCUT2D eigenvalue weighted by atomic mass is 16.5. The summed E-state index contributed by atoms with van der Waals surface area (Å²) in [6.45, 7) is 6.67. The van der Waals surface area contributed by atoms with E-state index in [4.69, 9.17) is 18.6 Å². The maximum atomic E-state index is 13.3. The van der Waals surface area contributed by atoms with Crippen LogP contribution in [-0.4, -0.2) is 58.6 Å². The van der Waals surface area contributed by atoms with E-state index in [2.05, 4.69) is 6.58 Å². The van der Waals surface area contributed by atoms with E-state index in [-0.39, 0.29) is 33.2 Å². The van der Waals surface area contributed by atoms with Gasteiger partial charge in [0.05, 0.1) is 31.1 Å². The zero-order valence-electron chi connectivity index (χ0n) is 20.8. The molecule has 37 heavy (non-hydrogen) atoms. The van der Waals surface area contributed by atoms with Gasteiger partial charge in [0, 0.05) is 16.2 Å². The first-order valence-electron chi connectivity index (χ1n) is 11.7. The first-order chi connectivity index (χ1) is 17.5. The fraction of sp³-hybridized carbons (Fsp3) is 0.321. The maximum absolute atomic E-state index is 13.3. The summed E-state index contributed by atoms with van der Waals surface area (Å²) in [5.41, 5.74) is -1.45. The largest absolute Gasteiger partial charge is 0.507 e. The Morgan fingerprint density at radius 2 is 1.68 bits per heavy atom. The molecule has 9 heteroatoms. The lowest BCUT2D eigenvalue weighted by atomic mass is 9.80. The second kappa shape index (κ2) is 8.74. The number of aromatic hydroxyl groups is 1. The summed E-state index contributed by atoms with van der Waals surface area (Å²) in [6.07, 6.45) is -3.29. The van der Waals surface area contributed by atoms with Crippen LogP contribution >= 0.6 is 0 Å². The van der Waals surface area contributed by atoms with Crippen molar-refractivity contribution in [2.75, 3.05) is 14.2 Å². The SMILES string of the molecule is C=Cc1cc(OC)c2c(c1)c(=O)oc1c2cc(OC)c2c(O)ccc([C@@H]3O[C@H](C)C(O)[C@](C)(O)[C@@H]3O)c21. The van der Waals surface area contributed by atoms with Crippen molar-refractivity contribution >= 4 is 38.6 Å². The number of aliphatic hydroxyl groups excluding tert-OH is 2. The summed E-state index contributed by atoms with van der Waals surface area (Å²) in [5.74, 6) is 0.526. The van der Waals surface area contributed by atoms with Crippen molar-refractivity contribution in [3.05, 3.63) is 58.5 Å². The van der Waals surface area contributed by atoms with E-state index in [0.29, 0.717) is 27.6 Å². The summed E-state index contributed by atoms with van der Waals surface area (Å²) in [5, 5.41) is 44.9. The van der Waals surface area contributed by atoms with Crippen LogP contribution in [0.4, 0.5) is 0 Å². The number of aliphatic hydroxyl groups is 3. The molecule has 1 aliphatic rings. The van der Waals surface area contributed by atoms with Crippen LogP contribution in [0.15, 0.2) is 46.1 Å². The topological polar surface area (TPSA) is 139 Å². The standard InChI is InChI=1S/C28H28O9/c1-6-13-9-16-20(18(10-13)34-4)15-11-19(35-5)22-17(29)8-7-14(21(22)23(15)37-27(16)32)24-26(31)28(3,33)25(30)12(2)36-24/h6-12,24-26,29-31,33H,1H2,2-5H3/t12-,24+,25?,26-,28+/m1/s1. The van der Waals surface area contributed by atoms with E-state index in [9.17, 15) is 25.2 Å². The number of ether oxygens (including phenoxy) is 3. The van der Waals surface area contributed by atoms with Crippen LogP contribution in [0.3, 0.4) is 0 Å². The minimum Gasteiger partial charge on any atom is -0.507 e. The molecule has 9 nitrogen and oxygen atoms in total. The van der Waals surface area contributed by atoms with Gasteiger partial charge < -0.3 is 39.1 Å². The second-order valence-electron chi connectivity index (χ2n) is 9.50. The van der Waals surface area contributed by atoms with Gasteiger partial charge in [0.1, 0.15) is 46.7 Å². The molecule has 0 radical (unpaired) electrons. The van der Waals surface area contributed by atoms with Gasteiger partial charge in [0.15, 0.2) is 0 Å². The lowest BCUT2D eigenvalue weighted by Crippen LogP contribution is -2.61. The third kappa shape index (κ3) is 3.58. The first kappa shape index (κ1) is 25.0. The Kier molecular flexibility index (Phi) is 5.91. The van der Waals surface area contributed by atoms with Gasteiger partial charge in [-0.05, 0) is 49.2 Å². The molecule has 3 aromatic carbocycles. The molecule has 0 spiro atoms. The molecular weight excluding hydrogens is 480 g/mol. The summed E-state index contributed by atoms with van der Waals surface area (Å²) in [4.78, 5) is 13.3. The van der Waals surface area contributed by atoms with Crippen molar-refractivity contribution in [3.8, 4) is 17.2 Å². The number of rotatable bonds is 4. The molecule has 1 unspecified atom stereocenters. The Morgan fingerprint density at radius 3 is 2.32 bits per heavy atom. The van der Waals surface area contributed by atoms with Crippen LogP contribution in [-0.2, 0) is 4.74 Å². The van der Waals surface area contributed by atoms with Gasteiger partial charge in [-0.15, -0.1) is 0 Å². The van der Waals surface area contributed by atoms with E-state index in [1.165, 1.54) is 33.3 Å². The molecule has 1 fully saturated rings. The molecule has 0 saturated carbocycles. The Labute approximate surface area is 211 Å². The summed E-state index contributed by atoms with van der Waals surface area (Å²) in [6, 6.07) is 7.95. The molecule has 0 aliphatic carbocycles. The van der Waals surface area contributed by atoms with Gasteiger partial charge >= 0.3 is 5.63 Å². The molecule has 4 N–H and O–H groups in total. The van der Waals surface area contributed by atoms with Crippen LogP contribution in [0, 0.1) is 0 Å². The number of hydrogen-bond acceptors (Lipinski definition) is 9.